The van der Waals surface area contributed by atoms with Crippen molar-refractivity contribution < 1.29 is 8.42 Å². The van der Waals surface area contributed by atoms with Crippen LogP contribution in [-0.2, 0) is 10.0 Å². The number of nitriles is 1. The van der Waals surface area contributed by atoms with Crippen LogP contribution in [0.25, 0.3) is 0 Å². The molecule has 0 aliphatic carbocycles. The van der Waals surface area contributed by atoms with Gasteiger partial charge in [-0.3, -0.25) is 0 Å². The van der Waals surface area contributed by atoms with Crippen molar-refractivity contribution in [2.45, 2.75) is 38.6 Å². The number of sulfonamides is 1. The normalized spacial score (nSPS) is 13.4. The largest absolute Gasteiger partial charge is 0.212 e. The van der Waals surface area contributed by atoms with Crippen LogP contribution in [0.4, 0.5) is 0 Å². The molecule has 0 aromatic heterocycles. The van der Waals surface area contributed by atoms with Gasteiger partial charge in [0.1, 0.15) is 0 Å². The highest BCUT2D eigenvalue weighted by Gasteiger charge is 2.15. The molecule has 0 saturated carbocycles. The van der Waals surface area contributed by atoms with Crippen molar-refractivity contribution in [3.8, 4) is 6.07 Å². The van der Waals surface area contributed by atoms with Crippen LogP contribution in [0.1, 0.15) is 32.6 Å². The number of unbranched alkanes of at least 4 members (excludes halogenated alkanes) is 1. The molecule has 88 valence electrons. The highest BCUT2D eigenvalue weighted by Crippen LogP contribution is 2.02. The highest BCUT2D eigenvalue weighted by atomic mass is 35.5. The van der Waals surface area contributed by atoms with Crippen LogP contribution in [0.5, 0.6) is 0 Å². The molecule has 15 heavy (non-hydrogen) atoms. The maximum Gasteiger partial charge on any atom is 0.211 e. The van der Waals surface area contributed by atoms with E-state index in [4.69, 9.17) is 16.9 Å². The fraction of sp³-hybridized carbons (Fsp3) is 0.889. The SMILES string of the molecule is CCC(CC#N)NS(=O)(=O)CCCCCl. The molecule has 0 bridgehead atoms. The van der Waals surface area contributed by atoms with E-state index in [1.54, 1.807) is 0 Å². The third-order valence-corrected chi connectivity index (χ3v) is 3.76. The van der Waals surface area contributed by atoms with E-state index in [-0.39, 0.29) is 18.2 Å². The predicted molar refractivity (Wildman–Crippen MR) is 61.2 cm³/mol. The molecule has 1 N–H and O–H groups in total. The smallest absolute Gasteiger partial charge is 0.211 e. The molecule has 1 unspecified atom stereocenters. The van der Waals surface area contributed by atoms with E-state index >= 15 is 0 Å². The predicted octanol–water partition coefficient (Wildman–Crippen LogP) is 1.62. The van der Waals surface area contributed by atoms with E-state index in [1.807, 2.05) is 13.0 Å². The Labute approximate surface area is 96.7 Å². The van der Waals surface area contributed by atoms with E-state index in [1.165, 1.54) is 0 Å². The second kappa shape index (κ2) is 7.91. The minimum absolute atomic E-state index is 0.0850. The van der Waals surface area contributed by atoms with Crippen LogP contribution in [0.2, 0.25) is 0 Å². The first kappa shape index (κ1) is 14.7. The zero-order chi connectivity index (χ0) is 11.7. The number of alkyl halides is 1. The zero-order valence-corrected chi connectivity index (χ0v) is 10.4. The first-order valence-corrected chi connectivity index (χ1v) is 7.17. The third kappa shape index (κ3) is 7.60. The zero-order valence-electron chi connectivity index (χ0n) is 8.87. The van der Waals surface area contributed by atoms with Crippen molar-refractivity contribution in [3.05, 3.63) is 0 Å². The van der Waals surface area contributed by atoms with Gasteiger partial charge < -0.3 is 0 Å². The lowest BCUT2D eigenvalue weighted by atomic mass is 10.2. The van der Waals surface area contributed by atoms with Crippen LogP contribution >= 0.6 is 11.6 Å². The molecule has 0 aliphatic heterocycles. The Kier molecular flexibility index (Phi) is 7.75. The molecule has 0 amide bonds. The molecule has 0 fully saturated rings. The fourth-order valence-electron chi connectivity index (χ4n) is 1.08. The molecule has 0 aromatic carbocycles. The van der Waals surface area contributed by atoms with Crippen molar-refractivity contribution in [2.75, 3.05) is 11.6 Å². The molecular weight excluding hydrogens is 236 g/mol. The van der Waals surface area contributed by atoms with Gasteiger partial charge in [0.15, 0.2) is 0 Å². The second-order valence-corrected chi connectivity index (χ2v) is 5.55. The summed E-state index contributed by atoms with van der Waals surface area (Å²) in [7, 11) is -3.25. The lowest BCUT2D eigenvalue weighted by Crippen LogP contribution is -2.35. The Morgan fingerprint density at radius 1 is 1.47 bits per heavy atom. The van der Waals surface area contributed by atoms with E-state index in [0.29, 0.717) is 25.1 Å². The van der Waals surface area contributed by atoms with Gasteiger partial charge in [-0.15, -0.1) is 11.6 Å². The second-order valence-electron chi connectivity index (χ2n) is 3.30. The topological polar surface area (TPSA) is 70.0 Å². The van der Waals surface area contributed by atoms with Gasteiger partial charge in [-0.25, -0.2) is 13.1 Å². The molecule has 0 radical (unpaired) electrons. The Morgan fingerprint density at radius 3 is 2.60 bits per heavy atom. The van der Waals surface area contributed by atoms with Gasteiger partial charge in [0.05, 0.1) is 18.2 Å². The summed E-state index contributed by atoms with van der Waals surface area (Å²) in [6.07, 6.45) is 2.09. The molecule has 0 heterocycles. The summed E-state index contributed by atoms with van der Waals surface area (Å²) in [5.74, 6) is 0.562. The summed E-state index contributed by atoms with van der Waals surface area (Å²) < 4.78 is 25.5. The lowest BCUT2D eigenvalue weighted by Gasteiger charge is -2.13. The summed E-state index contributed by atoms with van der Waals surface area (Å²) in [5, 5.41) is 8.48. The van der Waals surface area contributed by atoms with Gasteiger partial charge in [0.25, 0.3) is 0 Å². The van der Waals surface area contributed by atoms with E-state index in [2.05, 4.69) is 4.72 Å². The van der Waals surface area contributed by atoms with Crippen molar-refractivity contribution in [1.82, 2.24) is 4.72 Å². The third-order valence-electron chi connectivity index (χ3n) is 1.97. The molecule has 0 rings (SSSR count). The maximum atomic E-state index is 11.5. The Bertz CT molecular complexity index is 298. The van der Waals surface area contributed by atoms with Gasteiger partial charge in [-0.2, -0.15) is 5.26 Å². The van der Waals surface area contributed by atoms with E-state index in [9.17, 15) is 8.42 Å². The molecular formula is C9H17ClN2O2S. The van der Waals surface area contributed by atoms with Crippen LogP contribution in [0, 0.1) is 11.3 Å². The molecule has 0 spiro atoms. The lowest BCUT2D eigenvalue weighted by molar-refractivity contribution is 0.541. The molecule has 0 saturated heterocycles. The quantitative estimate of drug-likeness (QED) is 0.527. The molecule has 6 heteroatoms. The average Bonchev–Trinajstić information content (AvgIpc) is 2.17. The summed E-state index contributed by atoms with van der Waals surface area (Å²) in [4.78, 5) is 0. The summed E-state index contributed by atoms with van der Waals surface area (Å²) in [6, 6.07) is 1.69. The van der Waals surface area contributed by atoms with Crippen LogP contribution in [0.3, 0.4) is 0 Å². The van der Waals surface area contributed by atoms with Gasteiger partial charge >= 0.3 is 0 Å². The van der Waals surface area contributed by atoms with Gasteiger partial charge in [-0.05, 0) is 19.3 Å². The first-order chi connectivity index (χ1) is 7.05. The monoisotopic (exact) mass is 252 g/mol. The van der Waals surface area contributed by atoms with E-state index in [0.717, 1.165) is 0 Å². The summed E-state index contributed by atoms with van der Waals surface area (Å²) >= 11 is 5.45. The fourth-order valence-corrected chi connectivity index (χ4v) is 2.73. The molecule has 4 nitrogen and oxygen atoms in total. The van der Waals surface area contributed by atoms with Crippen molar-refractivity contribution in [1.29, 1.82) is 5.26 Å². The Balaban J connectivity index is 4.06. The van der Waals surface area contributed by atoms with Crippen LogP contribution in [-0.4, -0.2) is 26.1 Å². The van der Waals surface area contributed by atoms with Gasteiger partial charge in [0.2, 0.25) is 10.0 Å². The highest BCUT2D eigenvalue weighted by molar-refractivity contribution is 7.89. The maximum absolute atomic E-state index is 11.5. The van der Waals surface area contributed by atoms with Crippen LogP contribution in [0.15, 0.2) is 0 Å². The Hall–Kier alpha value is -0.310. The Morgan fingerprint density at radius 2 is 2.13 bits per heavy atom. The van der Waals surface area contributed by atoms with Crippen LogP contribution < -0.4 is 4.72 Å². The average molecular weight is 253 g/mol. The minimum Gasteiger partial charge on any atom is -0.212 e. The summed E-state index contributed by atoms with van der Waals surface area (Å²) in [6.45, 7) is 1.85. The number of nitrogens with zero attached hydrogens (tertiary/aromatic N) is 1. The van der Waals surface area contributed by atoms with Gasteiger partial charge in [0, 0.05) is 11.9 Å². The van der Waals surface area contributed by atoms with Gasteiger partial charge in [-0.1, -0.05) is 6.92 Å². The summed E-state index contributed by atoms with van der Waals surface area (Å²) in [5.41, 5.74) is 0. The number of hydrogen-bond donors (Lipinski definition) is 1. The molecule has 1 atom stereocenters. The first-order valence-electron chi connectivity index (χ1n) is 4.98. The number of nitrogens with one attached hydrogen (secondary N) is 1. The van der Waals surface area contributed by atoms with E-state index < -0.39 is 10.0 Å². The van der Waals surface area contributed by atoms with Crippen molar-refractivity contribution >= 4 is 21.6 Å². The number of hydrogen-bond acceptors (Lipinski definition) is 3. The standard InChI is InChI=1S/C9H17ClN2O2S/c1-2-9(5-7-11)12-15(13,14)8-4-3-6-10/h9,12H,2-6,8H2,1H3. The van der Waals surface area contributed by atoms with Crippen molar-refractivity contribution in [2.24, 2.45) is 0 Å². The van der Waals surface area contributed by atoms with Crippen molar-refractivity contribution in [3.63, 3.8) is 0 Å². The number of rotatable bonds is 8. The molecule has 0 aliphatic rings. The number of halogens is 1. The minimum atomic E-state index is -3.25. The molecule has 0 aromatic rings.